The summed E-state index contributed by atoms with van der Waals surface area (Å²) in [5.41, 5.74) is 1.18. The topological polar surface area (TPSA) is 73.6 Å². The van der Waals surface area contributed by atoms with E-state index in [9.17, 15) is 4.79 Å². The third-order valence-electron chi connectivity index (χ3n) is 3.75. The average Bonchev–Trinajstić information content (AvgIpc) is 3.32. The number of aromatic nitrogens is 1. The highest BCUT2D eigenvalue weighted by Crippen LogP contribution is 2.34. The van der Waals surface area contributed by atoms with Gasteiger partial charge in [-0.2, -0.15) is 0 Å². The molecule has 1 unspecified atom stereocenters. The average molecular weight is 342 g/mol. The van der Waals surface area contributed by atoms with Crippen molar-refractivity contribution in [2.45, 2.75) is 13.0 Å². The Hall–Kier alpha value is -2.80. The van der Waals surface area contributed by atoms with E-state index in [1.54, 1.807) is 6.07 Å². The highest BCUT2D eigenvalue weighted by Gasteiger charge is 2.19. The largest absolute Gasteiger partial charge is 0.454 e. The van der Waals surface area contributed by atoms with E-state index in [4.69, 9.17) is 14.0 Å². The van der Waals surface area contributed by atoms with Crippen LogP contribution in [0.25, 0.3) is 10.6 Å². The van der Waals surface area contributed by atoms with E-state index >= 15 is 0 Å². The Balaban J connectivity index is 1.47. The second kappa shape index (κ2) is 6.01. The fourth-order valence-corrected chi connectivity index (χ4v) is 3.13. The summed E-state index contributed by atoms with van der Waals surface area (Å²) in [6.07, 6.45) is 0. The van der Waals surface area contributed by atoms with Crippen LogP contribution < -0.4 is 14.8 Å². The van der Waals surface area contributed by atoms with Crippen molar-refractivity contribution in [3.63, 3.8) is 0 Å². The van der Waals surface area contributed by atoms with Crippen LogP contribution in [0.3, 0.4) is 0 Å². The van der Waals surface area contributed by atoms with Crippen molar-refractivity contribution >= 4 is 17.2 Å². The molecule has 0 saturated heterocycles. The van der Waals surface area contributed by atoms with Gasteiger partial charge in [-0.25, -0.2) is 0 Å². The van der Waals surface area contributed by atoms with Crippen LogP contribution in [0, 0.1) is 0 Å². The van der Waals surface area contributed by atoms with Gasteiger partial charge in [-0.05, 0) is 36.1 Å². The summed E-state index contributed by atoms with van der Waals surface area (Å²) >= 11 is 1.53. The van der Waals surface area contributed by atoms with Crippen LogP contribution in [-0.4, -0.2) is 17.9 Å². The van der Waals surface area contributed by atoms with Gasteiger partial charge in [0.2, 0.25) is 6.79 Å². The van der Waals surface area contributed by atoms with Crippen molar-refractivity contribution in [3.05, 3.63) is 53.0 Å². The molecule has 4 rings (SSSR count). The number of nitrogens with zero attached hydrogens (tertiary/aromatic N) is 1. The molecular weight excluding hydrogens is 328 g/mol. The van der Waals surface area contributed by atoms with Crippen molar-refractivity contribution in [2.75, 3.05) is 6.79 Å². The minimum absolute atomic E-state index is 0.200. The van der Waals surface area contributed by atoms with Crippen LogP contribution in [0.5, 0.6) is 11.5 Å². The smallest absolute Gasteiger partial charge is 0.273 e. The maximum absolute atomic E-state index is 12.4. The van der Waals surface area contributed by atoms with Crippen LogP contribution in [0.2, 0.25) is 0 Å². The molecule has 7 heteroatoms. The molecule has 3 heterocycles. The molecule has 2 aromatic heterocycles. The van der Waals surface area contributed by atoms with Gasteiger partial charge in [0, 0.05) is 6.07 Å². The molecule has 0 spiro atoms. The minimum atomic E-state index is -0.285. The summed E-state index contributed by atoms with van der Waals surface area (Å²) in [6.45, 7) is 2.12. The molecule has 0 fully saturated rings. The zero-order valence-electron chi connectivity index (χ0n) is 12.8. The Labute approximate surface area is 142 Å². The Bertz CT molecular complexity index is 873. The van der Waals surface area contributed by atoms with Crippen molar-refractivity contribution in [1.82, 2.24) is 10.5 Å². The van der Waals surface area contributed by atoms with E-state index in [1.807, 2.05) is 42.6 Å². The van der Waals surface area contributed by atoms with Crippen LogP contribution in [0.1, 0.15) is 29.0 Å². The SMILES string of the molecule is CC(NC(=O)c1cc(-c2cccs2)on1)c1ccc2c(c1)OCO2. The molecule has 1 atom stereocenters. The number of carbonyl (C=O) groups is 1. The highest BCUT2D eigenvalue weighted by molar-refractivity contribution is 7.13. The lowest BCUT2D eigenvalue weighted by atomic mass is 10.1. The number of rotatable bonds is 4. The fraction of sp³-hybridized carbons (Fsp3) is 0.176. The Morgan fingerprint density at radius 2 is 2.12 bits per heavy atom. The molecule has 1 aliphatic heterocycles. The normalized spacial score (nSPS) is 13.7. The standard InChI is InChI=1S/C17H14N2O4S/c1-10(11-4-5-13-14(7-11)22-9-21-13)18-17(20)12-8-15(23-19-12)16-3-2-6-24-16/h2-8,10H,9H2,1H3,(H,18,20). The molecule has 24 heavy (non-hydrogen) atoms. The van der Waals surface area contributed by atoms with Crippen LogP contribution in [0.15, 0.2) is 46.3 Å². The van der Waals surface area contributed by atoms with Gasteiger partial charge < -0.3 is 19.3 Å². The number of thiophene rings is 1. The van der Waals surface area contributed by atoms with Gasteiger partial charge in [0.25, 0.3) is 5.91 Å². The first kappa shape index (κ1) is 14.8. The zero-order chi connectivity index (χ0) is 16.5. The monoisotopic (exact) mass is 342 g/mol. The second-order valence-electron chi connectivity index (χ2n) is 5.36. The quantitative estimate of drug-likeness (QED) is 0.784. The fourth-order valence-electron chi connectivity index (χ4n) is 2.45. The van der Waals surface area contributed by atoms with Gasteiger partial charge >= 0.3 is 0 Å². The van der Waals surface area contributed by atoms with E-state index in [0.29, 0.717) is 11.5 Å². The summed E-state index contributed by atoms with van der Waals surface area (Å²) in [4.78, 5) is 13.3. The number of hydrogen-bond acceptors (Lipinski definition) is 6. The third-order valence-corrected chi connectivity index (χ3v) is 4.64. The van der Waals surface area contributed by atoms with E-state index in [0.717, 1.165) is 16.2 Å². The summed E-state index contributed by atoms with van der Waals surface area (Å²) in [7, 11) is 0. The molecule has 122 valence electrons. The second-order valence-corrected chi connectivity index (χ2v) is 6.31. The van der Waals surface area contributed by atoms with Crippen molar-refractivity contribution in [2.24, 2.45) is 0 Å². The Morgan fingerprint density at radius 3 is 2.96 bits per heavy atom. The Kier molecular flexibility index (Phi) is 3.70. The summed E-state index contributed by atoms with van der Waals surface area (Å²) in [5.74, 6) is 1.71. The van der Waals surface area contributed by atoms with Gasteiger partial charge in [-0.15, -0.1) is 11.3 Å². The molecule has 0 saturated carbocycles. The maximum atomic E-state index is 12.4. The summed E-state index contributed by atoms with van der Waals surface area (Å²) < 4.78 is 15.9. The number of nitrogens with one attached hydrogen (secondary N) is 1. The van der Waals surface area contributed by atoms with Crippen LogP contribution in [-0.2, 0) is 0 Å². The first-order chi connectivity index (χ1) is 11.7. The van der Waals surface area contributed by atoms with E-state index < -0.39 is 0 Å². The number of benzene rings is 1. The van der Waals surface area contributed by atoms with Crippen LogP contribution >= 0.6 is 11.3 Å². The third kappa shape index (κ3) is 2.74. The number of fused-ring (bicyclic) bond motifs is 1. The predicted molar refractivity (Wildman–Crippen MR) is 88.3 cm³/mol. The molecular formula is C17H14N2O4S. The van der Waals surface area contributed by atoms with Gasteiger partial charge in [-0.1, -0.05) is 17.3 Å². The lowest BCUT2D eigenvalue weighted by Crippen LogP contribution is -2.26. The number of hydrogen-bond donors (Lipinski definition) is 1. The molecule has 1 aromatic carbocycles. The predicted octanol–water partition coefficient (Wildman–Crippen LogP) is 3.62. The molecule has 1 aliphatic rings. The number of ether oxygens (including phenoxy) is 2. The lowest BCUT2D eigenvalue weighted by molar-refractivity contribution is 0.0930. The van der Waals surface area contributed by atoms with Crippen molar-refractivity contribution in [3.8, 4) is 22.1 Å². The van der Waals surface area contributed by atoms with Crippen molar-refractivity contribution in [1.29, 1.82) is 0 Å². The highest BCUT2D eigenvalue weighted by atomic mass is 32.1. The van der Waals surface area contributed by atoms with Gasteiger partial charge in [0.1, 0.15) is 0 Å². The minimum Gasteiger partial charge on any atom is -0.454 e. The van der Waals surface area contributed by atoms with E-state index in [1.165, 1.54) is 11.3 Å². The molecule has 0 radical (unpaired) electrons. The zero-order valence-corrected chi connectivity index (χ0v) is 13.6. The first-order valence-electron chi connectivity index (χ1n) is 7.42. The van der Waals surface area contributed by atoms with E-state index in [-0.39, 0.29) is 24.4 Å². The first-order valence-corrected chi connectivity index (χ1v) is 8.29. The van der Waals surface area contributed by atoms with Crippen LogP contribution in [0.4, 0.5) is 0 Å². The number of amides is 1. The molecule has 0 aliphatic carbocycles. The molecule has 6 nitrogen and oxygen atoms in total. The molecule has 1 amide bonds. The Morgan fingerprint density at radius 1 is 1.25 bits per heavy atom. The van der Waals surface area contributed by atoms with Gasteiger partial charge in [-0.3, -0.25) is 4.79 Å². The molecule has 3 aromatic rings. The lowest BCUT2D eigenvalue weighted by Gasteiger charge is -2.13. The molecule has 1 N–H and O–H groups in total. The van der Waals surface area contributed by atoms with Gasteiger partial charge in [0.15, 0.2) is 23.0 Å². The summed E-state index contributed by atoms with van der Waals surface area (Å²) in [6, 6.07) is 10.9. The van der Waals surface area contributed by atoms with Gasteiger partial charge in [0.05, 0.1) is 10.9 Å². The summed E-state index contributed by atoms with van der Waals surface area (Å²) in [5, 5.41) is 8.70. The van der Waals surface area contributed by atoms with Crippen molar-refractivity contribution < 1.29 is 18.8 Å². The van der Waals surface area contributed by atoms with E-state index in [2.05, 4.69) is 10.5 Å². The maximum Gasteiger partial charge on any atom is 0.273 e. The molecule has 0 bridgehead atoms. The number of carbonyl (C=O) groups excluding carboxylic acids is 1.